The zero-order valence-electron chi connectivity index (χ0n) is 79.0. The van der Waals surface area contributed by atoms with Gasteiger partial charge >= 0.3 is 30.4 Å². The molecule has 0 saturated carbocycles. The molecule has 8 heterocycles. The van der Waals surface area contributed by atoms with Crippen molar-refractivity contribution in [1.29, 1.82) is 0 Å². The molecule has 4 unspecified atom stereocenters. The van der Waals surface area contributed by atoms with Gasteiger partial charge in [-0.15, -0.1) is 0 Å². The molecule has 12 N–H and O–H groups in total. The minimum Gasteiger partial charge on any atom is -0.496 e. The number of nitrogens with two attached hydrogens (primary N) is 4. The summed E-state index contributed by atoms with van der Waals surface area (Å²) in [5, 5.41) is 0. The Morgan fingerprint density at radius 3 is 0.958 bits per heavy atom. The van der Waals surface area contributed by atoms with Crippen molar-refractivity contribution in [3.8, 4) is 17.2 Å². The fraction of sp³-hybridized carbons (Fsp3) is 0.333. The van der Waals surface area contributed by atoms with Crippen LogP contribution in [0.25, 0.3) is 44.7 Å². The summed E-state index contributed by atoms with van der Waals surface area (Å²) in [6.45, 7) is 9.65. The molecule has 0 spiro atoms. The van der Waals surface area contributed by atoms with Crippen LogP contribution in [0.3, 0.4) is 0 Å². The van der Waals surface area contributed by atoms with Crippen LogP contribution in [0.5, 0.6) is 17.2 Å². The highest BCUT2D eigenvalue weighted by Crippen LogP contribution is 2.52. The molecular weight excluding hydrogens is 1950 g/mol. The van der Waals surface area contributed by atoms with Crippen molar-refractivity contribution in [2.45, 2.75) is 101 Å². The summed E-state index contributed by atoms with van der Waals surface area (Å²) in [6, 6.07) is 35.1. The average molecular weight is 2060 g/mol. The van der Waals surface area contributed by atoms with Gasteiger partial charge in [-0.25, -0.2) is 28.7 Å². The number of aromatic nitrogens is 16. The molecular formula is C90H106F2N20O27P4. The SMILES string of the molecule is CC(=O)COP(=O)(COCCn1cnc2c(=O)[nH]c(N)nc21)OCc1ccc(C)cc1.CCC(=O)COP(=O)(COCCn1cnc2c(=O)[nH]c(N)nc21)OCc1ccc(C)cc1.COc1cc(C(=O)COP(=O)(COCCn2cnc3c(=O)[nH]c(N)nc32)OCc2ccc(OC)c(F)c2)ccc1C.COc1ccc(COP(=O)(COCCn2cnc3c(=O)[nH]c(N)nc32)OCC(=O)c2ccc(C)cc2)cc1F. The fourth-order valence-electron chi connectivity index (χ4n) is 12.7. The summed E-state index contributed by atoms with van der Waals surface area (Å²) >= 11 is 0. The van der Waals surface area contributed by atoms with Gasteiger partial charge in [0, 0.05) is 43.7 Å². The predicted octanol–water partition coefficient (Wildman–Crippen LogP) is 11.3. The number of ether oxygens (including phenoxy) is 7. The van der Waals surface area contributed by atoms with E-state index in [0.29, 0.717) is 39.3 Å². The number of H-pyrrole nitrogens is 4. The van der Waals surface area contributed by atoms with Gasteiger partial charge in [-0.05, 0) is 92.8 Å². The average Bonchev–Trinajstić information content (AvgIpc) is 1.67. The third-order valence-electron chi connectivity index (χ3n) is 20.4. The van der Waals surface area contributed by atoms with Crippen molar-refractivity contribution < 1.29 is 116 Å². The zero-order valence-corrected chi connectivity index (χ0v) is 82.6. The maximum Gasteiger partial charge on any atom is 0.356 e. The summed E-state index contributed by atoms with van der Waals surface area (Å²) in [5.74, 6) is -2.11. The van der Waals surface area contributed by atoms with Crippen LogP contribution in [0.4, 0.5) is 32.6 Å². The number of carbonyl (C=O) groups excluding carboxylic acids is 4. The first kappa shape index (κ1) is 110. The third kappa shape index (κ3) is 32.4. The maximum atomic E-state index is 14.1. The van der Waals surface area contributed by atoms with Crippen molar-refractivity contribution >= 4 is 122 Å². The van der Waals surface area contributed by atoms with Gasteiger partial charge < -0.3 is 92.5 Å². The first-order valence-electron chi connectivity index (χ1n) is 43.6. The fourth-order valence-corrected chi connectivity index (χ4v) is 17.7. The number of hydrogen-bond acceptors (Lipinski definition) is 39. The molecule has 4 atom stereocenters. The van der Waals surface area contributed by atoms with Crippen LogP contribution in [0.15, 0.2) is 172 Å². The van der Waals surface area contributed by atoms with Gasteiger partial charge in [0.1, 0.15) is 57.6 Å². The number of nitrogens with one attached hydrogen (secondary N) is 4. The minimum atomic E-state index is -4.04. The molecule has 0 radical (unpaired) electrons. The summed E-state index contributed by atoms with van der Waals surface area (Å²) in [7, 11) is -11.2. The lowest BCUT2D eigenvalue weighted by molar-refractivity contribution is -0.121. The highest BCUT2D eigenvalue weighted by atomic mass is 31.2. The van der Waals surface area contributed by atoms with Crippen LogP contribution in [0.1, 0.15) is 85.5 Å². The molecule has 14 rings (SSSR count). The number of fused-ring (bicyclic) bond motifs is 4. The molecule has 0 amide bonds. The maximum absolute atomic E-state index is 14.1. The number of nitrogen functional groups attached to an aromatic ring is 4. The molecule has 47 nitrogen and oxygen atoms in total. The molecule has 143 heavy (non-hydrogen) atoms. The lowest BCUT2D eigenvalue weighted by Crippen LogP contribution is -2.14. The predicted molar refractivity (Wildman–Crippen MR) is 519 cm³/mol. The molecule has 0 bridgehead atoms. The molecule has 762 valence electrons. The number of carbonyl (C=O) groups is 4. The second-order valence-electron chi connectivity index (χ2n) is 31.4. The van der Waals surface area contributed by atoms with Gasteiger partial charge in [0.2, 0.25) is 23.8 Å². The lowest BCUT2D eigenvalue weighted by atomic mass is 10.1. The van der Waals surface area contributed by atoms with E-state index in [0.717, 1.165) is 33.4 Å². The van der Waals surface area contributed by atoms with Crippen LogP contribution in [0, 0.1) is 39.3 Å². The van der Waals surface area contributed by atoms with E-state index in [-0.39, 0.29) is 192 Å². The number of halogens is 2. The van der Waals surface area contributed by atoms with Gasteiger partial charge in [-0.2, -0.15) is 19.9 Å². The number of benzene rings is 6. The number of rotatable bonds is 50. The third-order valence-corrected chi connectivity index (χ3v) is 26.6. The quantitative estimate of drug-likeness (QED) is 0.00997. The number of aromatic amines is 4. The number of ketones is 4. The summed E-state index contributed by atoms with van der Waals surface area (Å²) in [6.07, 6.45) is 4.27. The van der Waals surface area contributed by atoms with E-state index in [1.807, 2.05) is 76.2 Å². The molecule has 8 aromatic heterocycles. The summed E-state index contributed by atoms with van der Waals surface area (Å²) < 4.78 is 169. The first-order chi connectivity index (χ1) is 68.3. The topological polar surface area (TPSA) is 633 Å². The second kappa shape index (κ2) is 51.8. The Balaban J connectivity index is 0.000000183. The smallest absolute Gasteiger partial charge is 0.356 e. The van der Waals surface area contributed by atoms with Crippen LogP contribution in [-0.4, -0.2) is 201 Å². The van der Waals surface area contributed by atoms with Crippen molar-refractivity contribution in [3.63, 3.8) is 0 Å². The normalized spacial score (nSPS) is 13.1. The summed E-state index contributed by atoms with van der Waals surface area (Å²) in [4.78, 5) is 138. The Hall–Kier alpha value is -13.7. The number of anilines is 4. The Labute approximate surface area is 813 Å². The molecule has 0 fully saturated rings. The number of aryl methyl sites for hydroxylation is 4. The van der Waals surface area contributed by atoms with Crippen LogP contribution < -0.4 is 59.4 Å². The van der Waals surface area contributed by atoms with Crippen LogP contribution in [-0.2, 0) is 136 Å². The van der Waals surface area contributed by atoms with E-state index in [4.69, 9.17) is 92.3 Å². The monoisotopic (exact) mass is 2060 g/mol. The Kier molecular flexibility index (Phi) is 39.7. The Morgan fingerprint density at radius 2 is 0.650 bits per heavy atom. The standard InChI is InChI=1S/C26H29FN5O8P.C25H27FN5O7P.C20H26N5O6P.C19H24N5O6P/c1-16-4-6-18(11-22(16)37-3)20(33)13-40-41(35,39-12-17-5-7-21(36-2)19(27)10-17)15-38-9-8-32-14-29-23-24(32)30-26(28)31-25(23)34;1-16-3-6-18(7-4-16)20(32)13-38-39(34,37-12-17-5-8-21(35-2)19(26)11-17)15-36-10-9-31-14-28-22-23(31)29-25(27)30-24(22)33;1-3-16(26)11-31-32(28,30-10-15-6-4-14(2)5-7-15)13-29-9-8-25-12-22-17-18(25)23-20(21)24-19(17)27;1-13-3-5-15(6-4-13)10-30-31(27,29-9-14(2)25)12-28-8-7-24-11-21-16-17(24)22-19(20)23-18(16)26/h4-7,10-11,14H,8-9,12-13,15H2,1-3H3,(H3,28,30,31,34);3-8,11,14H,9-10,12-13,15H2,1-2H3,(H3,27,29,30,33);4-7,12H,3,8-11,13H2,1-2H3,(H3,21,23,24,27);3-6,11H,7-10,12H2,1-2H3,(H3,20,22,23,26). The largest absolute Gasteiger partial charge is 0.496 e. The van der Waals surface area contributed by atoms with Crippen molar-refractivity contribution in [3.05, 3.63) is 261 Å². The lowest BCUT2D eigenvalue weighted by Gasteiger charge is -2.19. The van der Waals surface area contributed by atoms with E-state index in [2.05, 4.69) is 59.8 Å². The molecule has 53 heteroatoms. The van der Waals surface area contributed by atoms with Gasteiger partial charge in [-0.1, -0.05) is 121 Å². The van der Waals surface area contributed by atoms with E-state index in [1.165, 1.54) is 77.8 Å². The highest BCUT2D eigenvalue weighted by molar-refractivity contribution is 7.54. The Morgan fingerprint density at radius 1 is 0.364 bits per heavy atom. The molecule has 0 aliphatic heterocycles. The van der Waals surface area contributed by atoms with E-state index in [9.17, 15) is 65.4 Å². The zero-order chi connectivity index (χ0) is 103. The van der Waals surface area contributed by atoms with Crippen molar-refractivity contribution in [1.82, 2.24) is 78.1 Å². The van der Waals surface area contributed by atoms with Crippen LogP contribution >= 0.6 is 30.4 Å². The van der Waals surface area contributed by atoms with Gasteiger partial charge in [-0.3, -0.25) is 94.6 Å². The number of nitrogens with zero attached hydrogens (tertiary/aromatic N) is 12. The van der Waals surface area contributed by atoms with Gasteiger partial charge in [0.25, 0.3) is 22.2 Å². The number of methoxy groups -OCH3 is 3. The number of Topliss-reactive ketones (excluding diaryl/α,β-unsaturated/α-hetero) is 4. The van der Waals surface area contributed by atoms with Crippen LogP contribution in [0.2, 0.25) is 0 Å². The molecule has 0 saturated heterocycles. The molecule has 14 aromatic rings. The second-order valence-corrected chi connectivity index (χ2v) is 39.4. The van der Waals surface area contributed by atoms with Gasteiger partial charge in [0.15, 0.2) is 90.9 Å². The first-order valence-corrected chi connectivity index (χ1v) is 50.5. The van der Waals surface area contributed by atoms with Gasteiger partial charge in [0.05, 0.1) is 99.5 Å². The highest BCUT2D eigenvalue weighted by Gasteiger charge is 2.33. The van der Waals surface area contributed by atoms with E-state index < -0.39 is 102 Å². The molecule has 0 aliphatic rings. The minimum absolute atomic E-state index is 0.00315. The number of imidazole rings is 4. The number of hydrogen-bond donors (Lipinski definition) is 8. The molecule has 0 aliphatic carbocycles. The van der Waals surface area contributed by atoms with E-state index >= 15 is 0 Å². The summed E-state index contributed by atoms with van der Waals surface area (Å²) in [5.41, 5.74) is 29.3. The van der Waals surface area contributed by atoms with E-state index in [1.54, 1.807) is 79.8 Å². The van der Waals surface area contributed by atoms with Crippen molar-refractivity contribution in [2.75, 3.05) is 123 Å². The Bertz CT molecular complexity index is 7240. The van der Waals surface area contributed by atoms with Crippen molar-refractivity contribution in [2.24, 2.45) is 0 Å². The molecule has 6 aromatic carbocycles.